The number of hydrogen-bond donors (Lipinski definition) is 2. The molecule has 0 saturated heterocycles. The summed E-state index contributed by atoms with van der Waals surface area (Å²) in [5.74, 6) is 0.826. The average molecular weight is 379 g/mol. The lowest BCUT2D eigenvalue weighted by Gasteiger charge is -2.12. The summed E-state index contributed by atoms with van der Waals surface area (Å²) in [6.45, 7) is 4.33. The Bertz CT molecular complexity index is 1020. The van der Waals surface area contributed by atoms with Crippen molar-refractivity contribution in [1.29, 1.82) is 0 Å². The molecule has 1 aliphatic heterocycles. The van der Waals surface area contributed by atoms with Crippen LogP contribution in [0.15, 0.2) is 18.7 Å². The lowest BCUT2D eigenvalue weighted by atomic mass is 10.00. The molecule has 0 spiro atoms. The predicted octanol–water partition coefficient (Wildman–Crippen LogP) is 4.11. The molecule has 1 aromatic carbocycles. The van der Waals surface area contributed by atoms with Gasteiger partial charge in [-0.1, -0.05) is 29.8 Å². The first kappa shape index (κ1) is 15.5. The van der Waals surface area contributed by atoms with Crippen LogP contribution in [0.1, 0.15) is 10.4 Å². The molecule has 3 heterocycles. The summed E-state index contributed by atoms with van der Waals surface area (Å²) in [6.07, 6.45) is 0.705. The maximum atomic E-state index is 6.49. The predicted molar refractivity (Wildman–Crippen MR) is 99.7 cm³/mol. The van der Waals surface area contributed by atoms with E-state index in [0.717, 1.165) is 26.2 Å². The van der Waals surface area contributed by atoms with Crippen LogP contribution in [-0.4, -0.2) is 16.6 Å². The van der Waals surface area contributed by atoms with Gasteiger partial charge in [0.1, 0.15) is 10.6 Å². The van der Waals surface area contributed by atoms with Crippen molar-refractivity contribution in [2.45, 2.75) is 6.42 Å². The second-order valence-corrected chi connectivity index (χ2v) is 7.25. The number of fused-ring (bicyclic) bond motifs is 2. The summed E-state index contributed by atoms with van der Waals surface area (Å²) < 4.78 is 5.64. The minimum Gasteiger partial charge on any atom is -0.491 e. The van der Waals surface area contributed by atoms with Crippen LogP contribution in [0, 0.1) is 0 Å². The summed E-state index contributed by atoms with van der Waals surface area (Å²) in [6, 6.07) is 3.58. The molecular weight excluding hydrogens is 367 g/mol. The molecule has 2 aromatic heterocycles. The van der Waals surface area contributed by atoms with Gasteiger partial charge in [-0.2, -0.15) is 0 Å². The van der Waals surface area contributed by atoms with Gasteiger partial charge in [-0.25, -0.2) is 9.97 Å². The van der Waals surface area contributed by atoms with Gasteiger partial charge in [-0.05, 0) is 12.1 Å². The van der Waals surface area contributed by atoms with E-state index in [-0.39, 0.29) is 5.95 Å². The molecule has 4 rings (SSSR count). The third-order valence-electron chi connectivity index (χ3n) is 3.85. The van der Waals surface area contributed by atoms with Crippen LogP contribution in [0.5, 0.6) is 5.75 Å². The topological polar surface area (TPSA) is 87.0 Å². The molecular formula is C16H12Cl2N4OS. The molecule has 1 aliphatic rings. The van der Waals surface area contributed by atoms with Gasteiger partial charge in [0.05, 0.1) is 27.2 Å². The number of benzene rings is 1. The van der Waals surface area contributed by atoms with Gasteiger partial charge in [-0.15, -0.1) is 11.3 Å². The van der Waals surface area contributed by atoms with Crippen molar-refractivity contribution < 1.29 is 4.74 Å². The molecule has 0 bridgehead atoms. The van der Waals surface area contributed by atoms with Crippen LogP contribution in [0.3, 0.4) is 0 Å². The van der Waals surface area contributed by atoms with Gasteiger partial charge < -0.3 is 16.2 Å². The smallest absolute Gasteiger partial charge is 0.221 e. The number of anilines is 1. The van der Waals surface area contributed by atoms with E-state index in [1.807, 2.05) is 6.07 Å². The summed E-state index contributed by atoms with van der Waals surface area (Å²) in [7, 11) is 0. The molecule has 0 aliphatic carbocycles. The van der Waals surface area contributed by atoms with Gasteiger partial charge in [0.25, 0.3) is 0 Å². The molecule has 0 fully saturated rings. The van der Waals surface area contributed by atoms with Crippen molar-refractivity contribution in [3.05, 3.63) is 39.2 Å². The van der Waals surface area contributed by atoms with Crippen molar-refractivity contribution in [2.75, 3.05) is 12.3 Å². The Kier molecular flexibility index (Phi) is 3.56. The molecule has 122 valence electrons. The van der Waals surface area contributed by atoms with E-state index in [0.29, 0.717) is 40.2 Å². The first-order valence-corrected chi connectivity index (χ1v) is 8.69. The third kappa shape index (κ3) is 2.30. The monoisotopic (exact) mass is 378 g/mol. The van der Waals surface area contributed by atoms with Gasteiger partial charge >= 0.3 is 0 Å². The highest BCUT2D eigenvalue weighted by molar-refractivity contribution is 7.19. The van der Waals surface area contributed by atoms with Crippen LogP contribution in [0.2, 0.25) is 10.0 Å². The van der Waals surface area contributed by atoms with Crippen molar-refractivity contribution in [3.63, 3.8) is 0 Å². The number of hydrogen-bond acceptors (Lipinski definition) is 6. The van der Waals surface area contributed by atoms with E-state index in [4.69, 9.17) is 39.4 Å². The van der Waals surface area contributed by atoms with E-state index >= 15 is 0 Å². The lowest BCUT2D eigenvalue weighted by Crippen LogP contribution is -1.98. The van der Waals surface area contributed by atoms with Crippen molar-refractivity contribution in [1.82, 2.24) is 9.97 Å². The second-order valence-electron chi connectivity index (χ2n) is 5.41. The van der Waals surface area contributed by atoms with Crippen molar-refractivity contribution in [3.8, 4) is 17.0 Å². The van der Waals surface area contributed by atoms with Crippen LogP contribution in [0.25, 0.3) is 27.2 Å². The first-order chi connectivity index (χ1) is 11.5. The van der Waals surface area contributed by atoms with Crippen molar-refractivity contribution in [2.24, 2.45) is 5.73 Å². The van der Waals surface area contributed by atoms with E-state index in [9.17, 15) is 0 Å². The highest BCUT2D eigenvalue weighted by Gasteiger charge is 2.26. The number of aromatic nitrogens is 2. The minimum absolute atomic E-state index is 0.173. The zero-order chi connectivity index (χ0) is 17.0. The third-order valence-corrected chi connectivity index (χ3v) is 5.53. The highest BCUT2D eigenvalue weighted by atomic mass is 35.5. The quantitative estimate of drug-likeness (QED) is 0.700. The van der Waals surface area contributed by atoms with Crippen LogP contribution in [0.4, 0.5) is 5.95 Å². The molecule has 3 aromatic rings. The minimum atomic E-state index is 0.173. The Morgan fingerprint density at radius 1 is 1.25 bits per heavy atom. The maximum absolute atomic E-state index is 6.49. The van der Waals surface area contributed by atoms with Crippen LogP contribution < -0.4 is 16.2 Å². The number of halogens is 2. The van der Waals surface area contributed by atoms with E-state index in [1.165, 1.54) is 11.3 Å². The number of ether oxygens (including phenoxy) is 1. The van der Waals surface area contributed by atoms with Crippen LogP contribution in [-0.2, 0) is 6.42 Å². The Hall–Kier alpha value is -2.02. The number of thiophene rings is 1. The summed E-state index contributed by atoms with van der Waals surface area (Å²) in [5.41, 5.74) is 14.6. The molecule has 0 radical (unpaired) electrons. The fraction of sp³-hybridized carbons (Fsp3) is 0.125. The second kappa shape index (κ2) is 5.51. The number of nitrogens with zero attached hydrogens (tertiary/aromatic N) is 2. The van der Waals surface area contributed by atoms with E-state index < -0.39 is 0 Å². The number of nitrogen functional groups attached to an aromatic ring is 1. The van der Waals surface area contributed by atoms with E-state index in [1.54, 1.807) is 6.07 Å². The Balaban J connectivity index is 2.08. The number of rotatable bonds is 2. The normalized spacial score (nSPS) is 13.1. The highest BCUT2D eigenvalue weighted by Crippen LogP contribution is 2.46. The fourth-order valence-electron chi connectivity index (χ4n) is 2.84. The fourth-order valence-corrected chi connectivity index (χ4v) is 4.41. The summed E-state index contributed by atoms with van der Waals surface area (Å²) in [4.78, 5) is 10.3. The zero-order valence-electron chi connectivity index (χ0n) is 12.4. The molecule has 0 saturated carbocycles. The standard InChI is InChI=1S/C16H12Cl2N4OS/c1-6(19)11-4-8-13(21-16(20)22-15(8)24-11)12-7-2-3-23-14(7)10(18)5-9(12)17/h4-5H,1-3,19H2,(H2,20,21,22). The van der Waals surface area contributed by atoms with E-state index in [2.05, 4.69) is 16.5 Å². The Morgan fingerprint density at radius 3 is 2.79 bits per heavy atom. The Labute approximate surface area is 151 Å². The molecule has 0 atom stereocenters. The molecule has 5 nitrogen and oxygen atoms in total. The molecule has 4 N–H and O–H groups in total. The van der Waals surface area contributed by atoms with Gasteiger partial charge in [-0.3, -0.25) is 0 Å². The Morgan fingerprint density at radius 2 is 2.04 bits per heavy atom. The molecule has 0 amide bonds. The summed E-state index contributed by atoms with van der Waals surface area (Å²) >= 11 is 14.1. The zero-order valence-corrected chi connectivity index (χ0v) is 14.7. The van der Waals surface area contributed by atoms with Gasteiger partial charge in [0, 0.05) is 28.6 Å². The largest absolute Gasteiger partial charge is 0.491 e. The molecule has 0 unspecified atom stereocenters. The van der Waals surface area contributed by atoms with Gasteiger partial charge in [0.2, 0.25) is 5.95 Å². The lowest BCUT2D eigenvalue weighted by molar-refractivity contribution is 0.357. The first-order valence-electron chi connectivity index (χ1n) is 7.11. The maximum Gasteiger partial charge on any atom is 0.221 e. The number of nitrogens with two attached hydrogens (primary N) is 2. The molecule has 24 heavy (non-hydrogen) atoms. The SMILES string of the molecule is C=C(N)c1cc2c(-c3c(Cl)cc(Cl)c4c3CCO4)nc(N)nc2s1. The van der Waals surface area contributed by atoms with Gasteiger partial charge in [0.15, 0.2) is 0 Å². The van der Waals surface area contributed by atoms with Crippen molar-refractivity contribution >= 4 is 56.4 Å². The van der Waals surface area contributed by atoms with Crippen LogP contribution >= 0.6 is 34.5 Å². The average Bonchev–Trinajstić information content (AvgIpc) is 3.13. The molecule has 8 heteroatoms. The summed E-state index contributed by atoms with van der Waals surface area (Å²) in [5, 5.41) is 1.83.